The first-order valence-electron chi connectivity index (χ1n) is 13.1. The number of hydrogen-bond acceptors (Lipinski definition) is 6. The van der Waals surface area contributed by atoms with Gasteiger partial charge in [0.1, 0.15) is 11.6 Å². The van der Waals surface area contributed by atoms with Gasteiger partial charge < -0.3 is 9.63 Å². The largest absolute Gasteiger partial charge is 0.481 e. The van der Waals surface area contributed by atoms with Crippen LogP contribution in [0.5, 0.6) is 0 Å². The molecule has 3 aromatic carbocycles. The summed E-state index contributed by atoms with van der Waals surface area (Å²) in [5.74, 6) is -0.0856. The molecule has 0 aliphatic carbocycles. The standard InChI is InChI=1S/C31H29FN4O4/c1-31(2,3)21-11-8-19(9-12-21)29-34-28(35-40-29)20-10-17-24-25(18-20)33-26(6-4-5-7-27(37)38)36(30(24)39)23-15-13-22(32)14-16-23/h8-18H,4-7H2,1-3H3,(H,37,38). The molecule has 40 heavy (non-hydrogen) atoms. The van der Waals surface area contributed by atoms with Gasteiger partial charge in [0.15, 0.2) is 0 Å². The molecule has 0 saturated heterocycles. The number of unbranched alkanes of at least 4 members (excludes halogenated alkanes) is 1. The number of benzene rings is 3. The van der Waals surface area contributed by atoms with Gasteiger partial charge in [0.25, 0.3) is 11.4 Å². The summed E-state index contributed by atoms with van der Waals surface area (Å²) in [6.45, 7) is 6.45. The molecule has 2 aromatic heterocycles. The highest BCUT2D eigenvalue weighted by atomic mass is 19.1. The van der Waals surface area contributed by atoms with Crippen LogP contribution in [0.2, 0.25) is 0 Å². The minimum Gasteiger partial charge on any atom is -0.481 e. The smallest absolute Gasteiger partial charge is 0.303 e. The molecule has 0 unspecified atom stereocenters. The second kappa shape index (κ2) is 10.8. The Kier molecular flexibility index (Phi) is 7.30. The molecule has 8 nitrogen and oxygen atoms in total. The van der Waals surface area contributed by atoms with E-state index in [4.69, 9.17) is 14.6 Å². The van der Waals surface area contributed by atoms with Gasteiger partial charge in [-0.15, -0.1) is 0 Å². The van der Waals surface area contributed by atoms with E-state index in [0.29, 0.717) is 59.0 Å². The van der Waals surface area contributed by atoms with E-state index < -0.39 is 11.8 Å². The number of nitrogens with zero attached hydrogens (tertiary/aromatic N) is 4. The first kappa shape index (κ1) is 26.9. The quantitative estimate of drug-likeness (QED) is 0.229. The Hall–Kier alpha value is -4.66. The van der Waals surface area contributed by atoms with Crippen LogP contribution in [0.4, 0.5) is 4.39 Å². The van der Waals surface area contributed by atoms with Crippen molar-refractivity contribution >= 4 is 16.9 Å². The molecule has 0 atom stereocenters. The van der Waals surface area contributed by atoms with Gasteiger partial charge in [0.2, 0.25) is 5.82 Å². The maximum absolute atomic E-state index is 13.6. The number of fused-ring (bicyclic) bond motifs is 1. The van der Waals surface area contributed by atoms with E-state index in [1.165, 1.54) is 34.4 Å². The third-order valence-electron chi connectivity index (χ3n) is 6.75. The number of halogens is 1. The van der Waals surface area contributed by atoms with Crippen LogP contribution in [-0.2, 0) is 16.6 Å². The Morgan fingerprint density at radius 2 is 1.65 bits per heavy atom. The summed E-state index contributed by atoms with van der Waals surface area (Å²) in [6, 6.07) is 18.8. The number of carboxylic acids is 1. The van der Waals surface area contributed by atoms with Gasteiger partial charge in [-0.25, -0.2) is 9.37 Å². The third kappa shape index (κ3) is 5.68. The highest BCUT2D eigenvalue weighted by Gasteiger charge is 2.18. The van der Waals surface area contributed by atoms with Crippen LogP contribution >= 0.6 is 0 Å². The fourth-order valence-electron chi connectivity index (χ4n) is 4.53. The highest BCUT2D eigenvalue weighted by molar-refractivity contribution is 5.83. The molecule has 0 aliphatic heterocycles. The van der Waals surface area contributed by atoms with Gasteiger partial charge in [0, 0.05) is 24.0 Å². The third-order valence-corrected chi connectivity index (χ3v) is 6.75. The molecule has 0 aliphatic rings. The Morgan fingerprint density at radius 3 is 2.33 bits per heavy atom. The fourth-order valence-corrected chi connectivity index (χ4v) is 4.53. The topological polar surface area (TPSA) is 111 Å². The molecule has 0 amide bonds. The summed E-state index contributed by atoms with van der Waals surface area (Å²) >= 11 is 0. The van der Waals surface area contributed by atoms with Crippen LogP contribution in [0, 0.1) is 5.82 Å². The van der Waals surface area contributed by atoms with Gasteiger partial charge in [-0.3, -0.25) is 14.2 Å². The van der Waals surface area contributed by atoms with Crippen molar-refractivity contribution in [2.75, 3.05) is 0 Å². The lowest BCUT2D eigenvalue weighted by Crippen LogP contribution is -2.24. The second-order valence-electron chi connectivity index (χ2n) is 10.7. The predicted octanol–water partition coefficient (Wildman–Crippen LogP) is 6.34. The van der Waals surface area contributed by atoms with Gasteiger partial charge >= 0.3 is 5.97 Å². The second-order valence-corrected chi connectivity index (χ2v) is 10.7. The minimum absolute atomic E-state index is 0.0254. The molecule has 0 spiro atoms. The minimum atomic E-state index is -0.878. The Balaban J connectivity index is 1.51. The molecule has 0 saturated carbocycles. The van der Waals surface area contributed by atoms with Crippen LogP contribution in [-0.4, -0.2) is 30.8 Å². The van der Waals surface area contributed by atoms with E-state index in [9.17, 15) is 14.0 Å². The lowest BCUT2D eigenvalue weighted by molar-refractivity contribution is -0.137. The monoisotopic (exact) mass is 540 g/mol. The summed E-state index contributed by atoms with van der Waals surface area (Å²) in [5.41, 5.74) is 3.30. The van der Waals surface area contributed by atoms with E-state index in [0.717, 1.165) is 5.56 Å². The Labute approximate surface area is 230 Å². The number of aliphatic carboxylic acids is 1. The van der Waals surface area contributed by atoms with Crippen molar-refractivity contribution in [1.29, 1.82) is 0 Å². The van der Waals surface area contributed by atoms with E-state index in [2.05, 4.69) is 30.9 Å². The van der Waals surface area contributed by atoms with Crippen LogP contribution in [0.1, 0.15) is 51.4 Å². The van der Waals surface area contributed by atoms with E-state index >= 15 is 0 Å². The highest BCUT2D eigenvalue weighted by Crippen LogP contribution is 2.28. The molecule has 0 radical (unpaired) electrons. The van der Waals surface area contributed by atoms with Crippen molar-refractivity contribution < 1.29 is 18.8 Å². The number of rotatable bonds is 8. The molecule has 5 rings (SSSR count). The number of carboxylic acid groups (broad SMARTS) is 1. The van der Waals surface area contributed by atoms with Gasteiger partial charge in [0.05, 0.1) is 16.6 Å². The molecular formula is C31H29FN4O4. The molecule has 5 aromatic rings. The summed E-state index contributed by atoms with van der Waals surface area (Å²) in [4.78, 5) is 33.9. The van der Waals surface area contributed by atoms with Gasteiger partial charge in [-0.1, -0.05) is 44.1 Å². The summed E-state index contributed by atoms with van der Waals surface area (Å²) < 4.78 is 20.6. The first-order chi connectivity index (χ1) is 19.1. The van der Waals surface area contributed by atoms with Crippen molar-refractivity contribution in [3.05, 3.63) is 94.3 Å². The molecule has 204 valence electrons. The van der Waals surface area contributed by atoms with Crippen molar-refractivity contribution in [2.45, 2.75) is 51.9 Å². The van der Waals surface area contributed by atoms with Crippen molar-refractivity contribution in [3.63, 3.8) is 0 Å². The molecule has 1 N–H and O–H groups in total. The normalized spacial score (nSPS) is 11.7. The lowest BCUT2D eigenvalue weighted by atomic mass is 9.87. The number of carbonyl (C=O) groups is 1. The van der Waals surface area contributed by atoms with Crippen LogP contribution < -0.4 is 5.56 Å². The number of aromatic nitrogens is 4. The summed E-state index contributed by atoms with van der Waals surface area (Å²) in [5, 5.41) is 13.5. The van der Waals surface area contributed by atoms with E-state index in [-0.39, 0.29) is 17.4 Å². The fraction of sp³-hybridized carbons (Fsp3) is 0.258. The number of aryl methyl sites for hydroxylation is 1. The molecule has 0 fully saturated rings. The van der Waals surface area contributed by atoms with Crippen LogP contribution in [0.15, 0.2) is 76.0 Å². The molecule has 9 heteroatoms. The average molecular weight is 541 g/mol. The Morgan fingerprint density at radius 1 is 0.950 bits per heavy atom. The first-order valence-corrected chi connectivity index (χ1v) is 13.1. The van der Waals surface area contributed by atoms with Crippen LogP contribution in [0.3, 0.4) is 0 Å². The zero-order chi connectivity index (χ0) is 28.4. The van der Waals surface area contributed by atoms with Gasteiger partial charge in [-0.05, 0) is 72.4 Å². The molecule has 0 bridgehead atoms. The Bertz CT molecular complexity index is 1730. The maximum atomic E-state index is 13.6. The predicted molar refractivity (Wildman–Crippen MR) is 150 cm³/mol. The van der Waals surface area contributed by atoms with Crippen LogP contribution in [0.25, 0.3) is 39.4 Å². The molecular weight excluding hydrogens is 511 g/mol. The van der Waals surface area contributed by atoms with Gasteiger partial charge in [-0.2, -0.15) is 4.98 Å². The number of hydrogen-bond donors (Lipinski definition) is 1. The maximum Gasteiger partial charge on any atom is 0.303 e. The lowest BCUT2D eigenvalue weighted by Gasteiger charge is -2.18. The zero-order valence-electron chi connectivity index (χ0n) is 22.5. The summed E-state index contributed by atoms with van der Waals surface area (Å²) in [6.07, 6.45) is 1.36. The average Bonchev–Trinajstić information content (AvgIpc) is 3.42. The van der Waals surface area contributed by atoms with E-state index in [1.807, 2.05) is 24.3 Å². The van der Waals surface area contributed by atoms with Crippen molar-refractivity contribution in [3.8, 4) is 28.5 Å². The van der Waals surface area contributed by atoms with Crippen molar-refractivity contribution in [2.24, 2.45) is 0 Å². The zero-order valence-corrected chi connectivity index (χ0v) is 22.5. The van der Waals surface area contributed by atoms with Crippen molar-refractivity contribution in [1.82, 2.24) is 19.7 Å². The SMILES string of the molecule is CC(C)(C)c1ccc(-c2nc(-c3ccc4c(=O)n(-c5ccc(F)cc5)c(CCCCC(=O)O)nc4c3)no2)cc1. The van der Waals surface area contributed by atoms with E-state index in [1.54, 1.807) is 18.2 Å². The molecule has 2 heterocycles. The summed E-state index contributed by atoms with van der Waals surface area (Å²) in [7, 11) is 0.